The fourth-order valence-corrected chi connectivity index (χ4v) is 2.01. The van der Waals surface area contributed by atoms with Gasteiger partial charge < -0.3 is 4.90 Å². The number of carbonyl (C=O) groups is 1. The number of nitrogens with zero attached hydrogens (tertiary/aromatic N) is 2. The van der Waals surface area contributed by atoms with Crippen LogP contribution >= 0.6 is 0 Å². The average molecular weight is 234 g/mol. The number of hydrogen-bond acceptors (Lipinski definition) is 3. The van der Waals surface area contributed by atoms with Crippen molar-refractivity contribution < 1.29 is 9.72 Å². The summed E-state index contributed by atoms with van der Waals surface area (Å²) in [6.45, 7) is 0.705. The average Bonchev–Trinajstić information content (AvgIpc) is 2.54. The smallest absolute Gasteiger partial charge is 0.269 e. The fourth-order valence-electron chi connectivity index (χ4n) is 2.01. The van der Waals surface area contributed by atoms with Crippen molar-refractivity contribution in [2.45, 2.75) is 25.7 Å². The molecule has 17 heavy (non-hydrogen) atoms. The lowest BCUT2D eigenvalue weighted by Crippen LogP contribution is -2.29. The first-order valence-corrected chi connectivity index (χ1v) is 5.73. The molecule has 1 fully saturated rings. The van der Waals surface area contributed by atoms with Crippen LogP contribution in [0.5, 0.6) is 0 Å². The number of benzene rings is 1. The molecule has 0 atom stereocenters. The van der Waals surface area contributed by atoms with E-state index < -0.39 is 4.92 Å². The number of nitro groups is 1. The van der Waals surface area contributed by atoms with E-state index >= 15 is 0 Å². The number of anilines is 1. The van der Waals surface area contributed by atoms with Crippen LogP contribution in [0, 0.1) is 10.1 Å². The Morgan fingerprint density at radius 3 is 2.47 bits per heavy atom. The van der Waals surface area contributed by atoms with Crippen molar-refractivity contribution in [2.24, 2.45) is 0 Å². The van der Waals surface area contributed by atoms with E-state index in [1.54, 1.807) is 17.0 Å². The minimum Gasteiger partial charge on any atom is -0.312 e. The Balaban J connectivity index is 2.20. The molecule has 1 amide bonds. The third-order valence-corrected chi connectivity index (χ3v) is 2.95. The molecule has 0 radical (unpaired) electrons. The van der Waals surface area contributed by atoms with Crippen molar-refractivity contribution in [2.75, 3.05) is 11.4 Å². The van der Waals surface area contributed by atoms with Gasteiger partial charge in [0.05, 0.1) is 4.92 Å². The summed E-state index contributed by atoms with van der Waals surface area (Å²) in [6, 6.07) is 6.16. The van der Waals surface area contributed by atoms with Crippen molar-refractivity contribution in [3.05, 3.63) is 34.4 Å². The Morgan fingerprint density at radius 2 is 1.82 bits per heavy atom. The van der Waals surface area contributed by atoms with Crippen molar-refractivity contribution >= 4 is 17.3 Å². The summed E-state index contributed by atoms with van der Waals surface area (Å²) < 4.78 is 0. The van der Waals surface area contributed by atoms with E-state index in [0.717, 1.165) is 24.9 Å². The topological polar surface area (TPSA) is 63.5 Å². The van der Waals surface area contributed by atoms with Gasteiger partial charge in [-0.2, -0.15) is 0 Å². The lowest BCUT2D eigenvalue weighted by molar-refractivity contribution is -0.384. The quantitative estimate of drug-likeness (QED) is 0.583. The maximum Gasteiger partial charge on any atom is 0.269 e. The maximum absolute atomic E-state index is 11.8. The zero-order valence-corrected chi connectivity index (χ0v) is 9.46. The van der Waals surface area contributed by atoms with E-state index in [0.29, 0.717) is 13.0 Å². The zero-order chi connectivity index (χ0) is 12.3. The second-order valence-electron chi connectivity index (χ2n) is 4.13. The van der Waals surface area contributed by atoms with Crippen LogP contribution in [-0.4, -0.2) is 17.4 Å². The highest BCUT2D eigenvalue weighted by atomic mass is 16.6. The van der Waals surface area contributed by atoms with E-state index in [1.165, 1.54) is 12.1 Å². The zero-order valence-electron chi connectivity index (χ0n) is 9.46. The van der Waals surface area contributed by atoms with Gasteiger partial charge in [0.1, 0.15) is 0 Å². The molecular weight excluding hydrogens is 220 g/mol. The Kier molecular flexibility index (Phi) is 3.37. The molecule has 0 N–H and O–H groups in total. The molecule has 5 heteroatoms. The van der Waals surface area contributed by atoms with Gasteiger partial charge in [-0.25, -0.2) is 0 Å². The summed E-state index contributed by atoms with van der Waals surface area (Å²) in [6.07, 6.45) is 3.55. The second-order valence-corrected chi connectivity index (χ2v) is 4.13. The van der Waals surface area contributed by atoms with Crippen LogP contribution in [-0.2, 0) is 4.79 Å². The van der Waals surface area contributed by atoms with E-state index in [2.05, 4.69) is 0 Å². The summed E-state index contributed by atoms with van der Waals surface area (Å²) in [4.78, 5) is 23.6. The number of rotatable bonds is 2. The number of carbonyl (C=O) groups excluding carboxylic acids is 1. The van der Waals surface area contributed by atoms with Gasteiger partial charge in [-0.1, -0.05) is 6.42 Å². The third kappa shape index (κ3) is 2.61. The summed E-state index contributed by atoms with van der Waals surface area (Å²) in [5, 5.41) is 10.5. The predicted octanol–water partition coefficient (Wildman–Crippen LogP) is 2.50. The van der Waals surface area contributed by atoms with E-state index in [9.17, 15) is 14.9 Å². The van der Waals surface area contributed by atoms with Gasteiger partial charge in [-0.05, 0) is 25.0 Å². The molecular formula is C12H14N2O3. The van der Waals surface area contributed by atoms with Crippen LogP contribution in [0.4, 0.5) is 11.4 Å². The van der Waals surface area contributed by atoms with Crippen LogP contribution in [0.15, 0.2) is 24.3 Å². The third-order valence-electron chi connectivity index (χ3n) is 2.95. The highest BCUT2D eigenvalue weighted by molar-refractivity contribution is 5.93. The van der Waals surface area contributed by atoms with Crippen molar-refractivity contribution in [1.82, 2.24) is 0 Å². The molecule has 0 spiro atoms. The summed E-state index contributed by atoms with van der Waals surface area (Å²) in [7, 11) is 0. The molecule has 90 valence electrons. The highest BCUT2D eigenvalue weighted by Crippen LogP contribution is 2.22. The van der Waals surface area contributed by atoms with Crippen molar-refractivity contribution in [1.29, 1.82) is 0 Å². The van der Waals surface area contributed by atoms with Gasteiger partial charge in [-0.3, -0.25) is 14.9 Å². The molecule has 0 saturated carbocycles. The molecule has 1 saturated heterocycles. The Hall–Kier alpha value is -1.91. The fraction of sp³-hybridized carbons (Fsp3) is 0.417. The maximum atomic E-state index is 11.8. The van der Waals surface area contributed by atoms with Gasteiger partial charge in [0, 0.05) is 30.8 Å². The first kappa shape index (κ1) is 11.6. The SMILES string of the molecule is O=C1CCCCCN1c1ccc([N+](=O)[O-])cc1. The van der Waals surface area contributed by atoms with E-state index in [-0.39, 0.29) is 11.6 Å². The summed E-state index contributed by atoms with van der Waals surface area (Å²) >= 11 is 0. The molecule has 1 aliphatic rings. The lowest BCUT2D eigenvalue weighted by Gasteiger charge is -2.20. The molecule has 5 nitrogen and oxygen atoms in total. The van der Waals surface area contributed by atoms with Gasteiger partial charge in [-0.15, -0.1) is 0 Å². The lowest BCUT2D eigenvalue weighted by atomic mass is 10.2. The minimum absolute atomic E-state index is 0.0519. The van der Waals surface area contributed by atoms with Gasteiger partial charge >= 0.3 is 0 Å². The van der Waals surface area contributed by atoms with Crippen molar-refractivity contribution in [3.8, 4) is 0 Å². The van der Waals surface area contributed by atoms with Gasteiger partial charge in [0.15, 0.2) is 0 Å². The normalized spacial score (nSPS) is 16.7. The van der Waals surface area contributed by atoms with E-state index in [1.807, 2.05) is 0 Å². The number of nitro benzene ring substituents is 1. The van der Waals surface area contributed by atoms with Crippen LogP contribution in [0.3, 0.4) is 0 Å². The van der Waals surface area contributed by atoms with Crippen LogP contribution in [0.1, 0.15) is 25.7 Å². The Bertz CT molecular complexity index is 428. The molecule has 1 aliphatic heterocycles. The number of hydrogen-bond donors (Lipinski definition) is 0. The van der Waals surface area contributed by atoms with Gasteiger partial charge in [0.2, 0.25) is 5.91 Å². The molecule has 1 heterocycles. The van der Waals surface area contributed by atoms with Gasteiger partial charge in [0.25, 0.3) is 5.69 Å². The predicted molar refractivity (Wildman–Crippen MR) is 63.9 cm³/mol. The Morgan fingerprint density at radius 1 is 1.12 bits per heavy atom. The van der Waals surface area contributed by atoms with Crippen LogP contribution in [0.25, 0.3) is 0 Å². The van der Waals surface area contributed by atoms with Crippen LogP contribution < -0.4 is 4.90 Å². The standard InChI is InChI=1S/C12H14N2O3/c15-12-4-2-1-3-9-13(12)10-5-7-11(8-6-10)14(16)17/h5-8H,1-4,9H2. The first-order valence-electron chi connectivity index (χ1n) is 5.73. The molecule has 1 aromatic rings. The summed E-state index contributed by atoms with van der Waals surface area (Å²) in [5.74, 6) is 0.108. The first-order chi connectivity index (χ1) is 8.18. The molecule has 1 aromatic carbocycles. The molecule has 0 unspecified atom stereocenters. The molecule has 0 aliphatic carbocycles. The number of amides is 1. The largest absolute Gasteiger partial charge is 0.312 e. The second kappa shape index (κ2) is 4.95. The Labute approximate surface area is 99.2 Å². The minimum atomic E-state index is -0.436. The molecule has 0 aromatic heterocycles. The molecule has 0 bridgehead atoms. The summed E-state index contributed by atoms with van der Waals surface area (Å²) in [5.41, 5.74) is 0.804. The van der Waals surface area contributed by atoms with Crippen molar-refractivity contribution in [3.63, 3.8) is 0 Å². The molecule has 2 rings (SSSR count). The highest BCUT2D eigenvalue weighted by Gasteiger charge is 2.18. The number of non-ortho nitro benzene ring substituents is 1. The van der Waals surface area contributed by atoms with E-state index in [4.69, 9.17) is 0 Å². The van der Waals surface area contributed by atoms with Crippen LogP contribution in [0.2, 0.25) is 0 Å². The monoisotopic (exact) mass is 234 g/mol.